The monoisotopic (exact) mass is 665 g/mol. The van der Waals surface area contributed by atoms with E-state index in [0.717, 1.165) is 19.3 Å². The molecule has 0 radical (unpaired) electrons. The summed E-state index contributed by atoms with van der Waals surface area (Å²) in [5.74, 6) is 28.4. The maximum absolute atomic E-state index is 12.1. The van der Waals surface area contributed by atoms with Crippen molar-refractivity contribution in [1.82, 2.24) is 6.15 Å². The molecular weight excluding hydrogens is 603 g/mol. The van der Waals surface area contributed by atoms with Crippen LogP contribution in [0.4, 0.5) is 0 Å². The zero-order valence-corrected chi connectivity index (χ0v) is 30.9. The van der Waals surface area contributed by atoms with E-state index in [1.807, 2.05) is 0 Å². The Kier molecular flexibility index (Phi) is 39.3. The molecule has 0 aromatic carbocycles. The van der Waals surface area contributed by atoms with Gasteiger partial charge in [0.15, 0.2) is 6.10 Å². The molecule has 0 heterocycles. The summed E-state index contributed by atoms with van der Waals surface area (Å²) in [7, 11) is -5.32. The van der Waals surface area contributed by atoms with Crippen molar-refractivity contribution in [1.29, 1.82) is 0 Å². The van der Waals surface area contributed by atoms with Gasteiger partial charge >= 0.3 is 71.1 Å². The number of unbranched alkanes of at least 4 members (excludes halogenated alkanes) is 10. The van der Waals surface area contributed by atoms with Crippen LogP contribution in [0.3, 0.4) is 0 Å². The summed E-state index contributed by atoms with van der Waals surface area (Å²) in [4.78, 5) is 45.5. The van der Waals surface area contributed by atoms with Gasteiger partial charge in [0.2, 0.25) is 0 Å². The summed E-state index contributed by atoms with van der Waals surface area (Å²) < 4.78 is 25.0. The number of hydrogen-bond donors (Lipinski definition) is 1. The zero-order valence-electron chi connectivity index (χ0n) is 26.0. The van der Waals surface area contributed by atoms with Crippen molar-refractivity contribution in [2.75, 3.05) is 13.2 Å². The number of terminal acetylenes is 1. The predicted octanol–water partition coefficient (Wildman–Crippen LogP) is 0.00940. The minimum absolute atomic E-state index is 0. The van der Waals surface area contributed by atoms with Gasteiger partial charge in [0.1, 0.15) is 6.61 Å². The van der Waals surface area contributed by atoms with E-state index in [0.29, 0.717) is 6.42 Å². The van der Waals surface area contributed by atoms with Crippen LogP contribution < -0.4 is 75.1 Å². The number of phosphoric ester groups is 1. The quantitative estimate of drug-likeness (QED) is 0.0532. The molecule has 0 aliphatic heterocycles. The molecule has 9 nitrogen and oxygen atoms in total. The minimum Gasteiger partial charge on any atom is -0.790 e. The molecule has 0 rings (SSSR count). The average Bonchev–Trinajstić information content (AvgIpc) is 2.93. The molecule has 0 amide bonds. The summed E-state index contributed by atoms with van der Waals surface area (Å²) >= 11 is 0. The number of rotatable bonds is 18. The summed E-state index contributed by atoms with van der Waals surface area (Å²) in [6.07, 6.45) is 16.0. The Morgan fingerprint density at radius 2 is 1.16 bits per heavy atom. The fraction of sp³-hybridized carbons (Fsp3) is 0.500. The molecule has 1 atom stereocenters. The van der Waals surface area contributed by atoms with Crippen molar-refractivity contribution in [2.45, 2.75) is 90.1 Å². The molecule has 0 aromatic heterocycles. The van der Waals surface area contributed by atoms with Crippen LogP contribution >= 0.6 is 7.82 Å². The van der Waals surface area contributed by atoms with Crippen LogP contribution in [0.15, 0.2) is 0 Å². The standard InChI is InChI=1S/C32H35O8P.H3N.2Na.13H2/c1-3-5-7-9-11-13-15-17-18-20-22-24-26-31(33)38-28-30(29-39-41(35,36)37)40-32(34)27-25-23-21-19-16-14-12-10-8-6-4-2;;;;;;;;;;;;;;;;/h1,30H,4,6,8,10,12,14,16,19,21,23,25,27-29H2,2H3,(H2,35,36,37);1H3;;;13*1H/q;;2*+1;;;;;;;;;;;;;/p-2/t30-;;;;;;;;;;;;;;;;/m0................/s1. The number of carbonyl (C=O) groups is 2. The van der Waals surface area contributed by atoms with Crippen LogP contribution in [-0.2, 0) is 28.2 Å². The molecule has 12 heteroatoms. The largest absolute Gasteiger partial charge is 1.00 e. The van der Waals surface area contributed by atoms with Crippen LogP contribution in [0.2, 0.25) is 0 Å². The number of hydrogen-bond acceptors (Lipinski definition) is 9. The Morgan fingerprint density at radius 1 is 0.727 bits per heavy atom. The molecule has 0 aromatic rings. The van der Waals surface area contributed by atoms with Crippen LogP contribution in [-0.4, -0.2) is 31.3 Å². The van der Waals surface area contributed by atoms with E-state index in [9.17, 15) is 23.9 Å². The second-order valence-corrected chi connectivity index (χ2v) is 9.54. The van der Waals surface area contributed by atoms with Gasteiger partial charge in [-0.2, -0.15) is 0 Å². The van der Waals surface area contributed by atoms with Gasteiger partial charge < -0.3 is 34.5 Å². The fourth-order valence-electron chi connectivity index (χ4n) is 3.07. The summed E-state index contributed by atoms with van der Waals surface area (Å²) in [5, 5.41) is 0. The number of phosphoric acid groups is 1. The second kappa shape index (κ2) is 35.4. The SMILES string of the molecule is C#CC#CC#CC#CC#CC#CC#CC(=O)OC[C@@H](COP(=O)([O-])[O-])OC(=O)CCCCCCCCCCCCC.N.[HH].[HH].[HH].[HH].[HH].[HH].[HH].[HH].[HH].[HH].[HH].[HH].[HH].[Na+].[Na+]. The summed E-state index contributed by atoms with van der Waals surface area (Å²) in [5.41, 5.74) is 0. The van der Waals surface area contributed by atoms with E-state index in [4.69, 9.17) is 15.9 Å². The Balaban J connectivity index is -0.0000000667. The average molecular weight is 666 g/mol. The van der Waals surface area contributed by atoms with Crippen molar-refractivity contribution < 1.29 is 116 Å². The van der Waals surface area contributed by atoms with Gasteiger partial charge in [0, 0.05) is 30.9 Å². The molecule has 3 N–H and O–H groups in total. The molecule has 0 aliphatic carbocycles. The maximum Gasteiger partial charge on any atom is 1.00 e. The smallest absolute Gasteiger partial charge is 0.790 e. The number of ether oxygens (including phenoxy) is 2. The minimum atomic E-state index is -5.32. The van der Waals surface area contributed by atoms with Crippen molar-refractivity contribution in [3.8, 4) is 83.4 Å². The topological polar surface area (TPSA) is 160 Å². The van der Waals surface area contributed by atoms with E-state index in [-0.39, 0.29) is 90.2 Å². The van der Waals surface area contributed by atoms with Crippen molar-refractivity contribution >= 4 is 19.8 Å². The molecule has 0 fully saturated rings. The van der Waals surface area contributed by atoms with Crippen LogP contribution in [0.5, 0.6) is 0 Å². The van der Waals surface area contributed by atoms with Crippen LogP contribution in [0.1, 0.15) is 103 Å². The van der Waals surface area contributed by atoms with E-state index in [2.05, 4.69) is 88.4 Å². The van der Waals surface area contributed by atoms with Gasteiger partial charge in [-0.25, -0.2) is 4.79 Å². The van der Waals surface area contributed by atoms with E-state index in [1.54, 1.807) is 0 Å². The zero-order chi connectivity index (χ0) is 30.4. The summed E-state index contributed by atoms with van der Waals surface area (Å²) in [6, 6.07) is 0. The number of carbonyl (C=O) groups excluding carboxylic acids is 2. The van der Waals surface area contributed by atoms with Gasteiger partial charge in [0.25, 0.3) is 0 Å². The van der Waals surface area contributed by atoms with Gasteiger partial charge in [0.05, 0.1) is 14.4 Å². The van der Waals surface area contributed by atoms with Crippen molar-refractivity contribution in [3.05, 3.63) is 0 Å². The third-order valence-corrected chi connectivity index (χ3v) is 5.43. The Bertz CT molecular complexity index is 1340. The van der Waals surface area contributed by atoms with Crippen molar-refractivity contribution in [3.63, 3.8) is 0 Å². The van der Waals surface area contributed by atoms with Gasteiger partial charge in [-0.05, 0) is 77.5 Å². The third kappa shape index (κ3) is 38.0. The molecule has 0 spiro atoms. The molecular formula is C32H62NNa2O8P. The van der Waals surface area contributed by atoms with E-state index >= 15 is 0 Å². The first-order valence-corrected chi connectivity index (χ1v) is 14.7. The molecule has 0 unspecified atom stereocenters. The molecule has 0 bridgehead atoms. The second-order valence-electron chi connectivity index (χ2n) is 8.38. The normalized spacial score (nSPS) is 9.14. The van der Waals surface area contributed by atoms with Crippen molar-refractivity contribution in [2.24, 2.45) is 0 Å². The Morgan fingerprint density at radius 3 is 1.61 bits per heavy atom. The molecule has 0 aliphatic rings. The molecule has 44 heavy (non-hydrogen) atoms. The number of esters is 2. The maximum atomic E-state index is 12.1. The van der Waals surface area contributed by atoms with E-state index in [1.165, 1.54) is 44.9 Å². The molecule has 0 saturated carbocycles. The molecule has 0 saturated heterocycles. The van der Waals surface area contributed by atoms with E-state index < -0.39 is 39.1 Å². The van der Waals surface area contributed by atoms with Gasteiger partial charge in [-0.15, -0.1) is 6.42 Å². The first-order valence-electron chi connectivity index (χ1n) is 13.3. The molecule has 250 valence electrons. The third-order valence-electron chi connectivity index (χ3n) is 4.96. The predicted molar refractivity (Wildman–Crippen MR) is 183 cm³/mol. The first kappa shape index (κ1) is 48.8. The van der Waals surface area contributed by atoms with Gasteiger partial charge in [-0.3, -0.25) is 4.79 Å². The Hall–Kier alpha value is -2.07. The first-order chi connectivity index (χ1) is 19.8. The Labute approximate surface area is 326 Å². The van der Waals surface area contributed by atoms with Gasteiger partial charge in [-0.1, -0.05) is 71.1 Å². The fourth-order valence-corrected chi connectivity index (χ4v) is 3.42. The van der Waals surface area contributed by atoms with Crippen LogP contribution in [0.25, 0.3) is 0 Å². The summed E-state index contributed by atoms with van der Waals surface area (Å²) in [6.45, 7) is 0.849. The van der Waals surface area contributed by atoms with Crippen LogP contribution in [0, 0.1) is 83.4 Å².